The molecule has 1 aromatic rings. The van der Waals surface area contributed by atoms with Gasteiger partial charge in [-0.1, -0.05) is 0 Å². The van der Waals surface area contributed by atoms with Crippen molar-refractivity contribution < 1.29 is 18.3 Å². The average Bonchev–Trinajstić information content (AvgIpc) is 2.39. The van der Waals surface area contributed by atoms with E-state index in [0.29, 0.717) is 0 Å². The summed E-state index contributed by atoms with van der Waals surface area (Å²) in [5, 5.41) is 8.83. The van der Waals surface area contributed by atoms with E-state index in [1.165, 1.54) is 9.21 Å². The Bertz CT molecular complexity index is 565. The molecule has 2 rings (SSSR count). The Kier molecular flexibility index (Phi) is 4.31. The Labute approximate surface area is 125 Å². The fourth-order valence-corrected chi connectivity index (χ4v) is 3.66. The van der Waals surface area contributed by atoms with Crippen LogP contribution in [0.2, 0.25) is 0 Å². The van der Waals surface area contributed by atoms with E-state index in [1.54, 1.807) is 24.3 Å². The zero-order valence-electron chi connectivity index (χ0n) is 9.99. The molecule has 1 aliphatic heterocycles. The van der Waals surface area contributed by atoms with Gasteiger partial charge in [-0.15, -0.1) is 0 Å². The highest BCUT2D eigenvalue weighted by Crippen LogP contribution is 2.18. The lowest BCUT2D eigenvalue weighted by atomic mass is 10.4. The van der Waals surface area contributed by atoms with E-state index in [2.05, 4.69) is 22.6 Å². The smallest absolute Gasteiger partial charge is 0.407 e. The third-order valence-corrected chi connectivity index (χ3v) is 5.59. The van der Waals surface area contributed by atoms with Gasteiger partial charge in [0.2, 0.25) is 10.0 Å². The molecule has 0 spiro atoms. The van der Waals surface area contributed by atoms with Crippen LogP contribution in [0.5, 0.6) is 0 Å². The molecule has 6 nitrogen and oxygen atoms in total. The molecule has 0 saturated carbocycles. The molecule has 104 valence electrons. The lowest BCUT2D eigenvalue weighted by molar-refractivity contribution is 0.126. The molecule has 0 aliphatic carbocycles. The lowest BCUT2D eigenvalue weighted by Crippen LogP contribution is -2.50. The highest BCUT2D eigenvalue weighted by Gasteiger charge is 2.29. The first-order valence-electron chi connectivity index (χ1n) is 5.65. The first-order chi connectivity index (χ1) is 8.91. The highest BCUT2D eigenvalue weighted by molar-refractivity contribution is 14.1. The van der Waals surface area contributed by atoms with Crippen LogP contribution in [-0.2, 0) is 10.0 Å². The molecule has 0 aromatic heterocycles. The summed E-state index contributed by atoms with van der Waals surface area (Å²) in [6, 6.07) is 6.61. The number of piperazine rings is 1. The number of benzene rings is 1. The second kappa shape index (κ2) is 5.63. The van der Waals surface area contributed by atoms with Crippen LogP contribution < -0.4 is 0 Å². The fraction of sp³-hybridized carbons (Fsp3) is 0.364. The van der Waals surface area contributed by atoms with Crippen LogP contribution in [0.3, 0.4) is 0 Å². The van der Waals surface area contributed by atoms with Gasteiger partial charge in [0.05, 0.1) is 4.90 Å². The van der Waals surface area contributed by atoms with E-state index < -0.39 is 16.1 Å². The molecule has 19 heavy (non-hydrogen) atoms. The molecule has 1 heterocycles. The standard InChI is InChI=1S/C11H13IN2O4S/c12-9-1-3-10(4-2-9)19(17,18)14-7-5-13(6-8-14)11(15)16/h1-4H,5-8H2,(H,15,16). The maximum absolute atomic E-state index is 12.3. The van der Waals surface area contributed by atoms with Crippen LogP contribution in [0.4, 0.5) is 4.79 Å². The van der Waals surface area contributed by atoms with E-state index in [1.807, 2.05) is 0 Å². The molecule has 1 N–H and O–H groups in total. The van der Waals surface area contributed by atoms with Gasteiger partial charge < -0.3 is 10.0 Å². The van der Waals surface area contributed by atoms with Crippen molar-refractivity contribution in [2.45, 2.75) is 4.90 Å². The third kappa shape index (κ3) is 3.18. The summed E-state index contributed by atoms with van der Waals surface area (Å²) >= 11 is 2.11. The topological polar surface area (TPSA) is 77.9 Å². The molecule has 1 aromatic carbocycles. The van der Waals surface area contributed by atoms with Gasteiger partial charge in [0, 0.05) is 29.7 Å². The van der Waals surface area contributed by atoms with Crippen molar-refractivity contribution in [3.8, 4) is 0 Å². The predicted octanol–water partition coefficient (Wildman–Crippen LogP) is 1.28. The highest BCUT2D eigenvalue weighted by atomic mass is 127. The summed E-state index contributed by atoms with van der Waals surface area (Å²) in [6.07, 6.45) is -1.01. The van der Waals surface area contributed by atoms with Gasteiger partial charge in [-0.2, -0.15) is 4.31 Å². The van der Waals surface area contributed by atoms with E-state index >= 15 is 0 Å². The van der Waals surface area contributed by atoms with Crippen LogP contribution in [0.25, 0.3) is 0 Å². The molecule has 0 unspecified atom stereocenters. The third-order valence-electron chi connectivity index (χ3n) is 2.96. The predicted molar refractivity (Wildman–Crippen MR) is 77.5 cm³/mol. The first kappa shape index (κ1) is 14.5. The minimum atomic E-state index is -3.52. The van der Waals surface area contributed by atoms with Gasteiger partial charge in [0.15, 0.2) is 0 Å². The zero-order valence-corrected chi connectivity index (χ0v) is 13.0. The van der Waals surface area contributed by atoms with Crippen molar-refractivity contribution in [1.82, 2.24) is 9.21 Å². The van der Waals surface area contributed by atoms with E-state index in [4.69, 9.17) is 5.11 Å². The van der Waals surface area contributed by atoms with Crippen molar-refractivity contribution in [2.24, 2.45) is 0 Å². The molecule has 8 heteroatoms. The van der Waals surface area contributed by atoms with Crippen molar-refractivity contribution >= 4 is 38.7 Å². The number of hydrogen-bond donors (Lipinski definition) is 1. The zero-order chi connectivity index (χ0) is 14.0. The number of amides is 1. The van der Waals surface area contributed by atoms with Gasteiger partial charge in [0.1, 0.15) is 0 Å². The minimum absolute atomic E-state index is 0.195. The molecule has 1 saturated heterocycles. The maximum Gasteiger partial charge on any atom is 0.407 e. The SMILES string of the molecule is O=C(O)N1CCN(S(=O)(=O)c2ccc(I)cc2)CC1. The van der Waals surface area contributed by atoms with Gasteiger partial charge in [-0.05, 0) is 46.9 Å². The molecule has 1 aliphatic rings. The average molecular weight is 396 g/mol. The largest absolute Gasteiger partial charge is 0.465 e. The quantitative estimate of drug-likeness (QED) is 0.765. The molecule has 0 radical (unpaired) electrons. The summed E-state index contributed by atoms with van der Waals surface area (Å²) < 4.78 is 27.0. The number of nitrogens with zero attached hydrogens (tertiary/aromatic N) is 2. The van der Waals surface area contributed by atoms with Crippen molar-refractivity contribution in [3.05, 3.63) is 27.8 Å². The number of hydrogen-bond acceptors (Lipinski definition) is 3. The van der Waals surface area contributed by atoms with Crippen LogP contribution in [0, 0.1) is 3.57 Å². The molecular formula is C11H13IN2O4S. The second-order valence-electron chi connectivity index (χ2n) is 4.13. The van der Waals surface area contributed by atoms with Crippen LogP contribution in [0.15, 0.2) is 29.2 Å². The van der Waals surface area contributed by atoms with Crippen molar-refractivity contribution in [3.63, 3.8) is 0 Å². The lowest BCUT2D eigenvalue weighted by Gasteiger charge is -2.32. The number of sulfonamides is 1. The van der Waals surface area contributed by atoms with Gasteiger partial charge in [-0.25, -0.2) is 13.2 Å². The monoisotopic (exact) mass is 396 g/mol. The van der Waals surface area contributed by atoms with E-state index in [0.717, 1.165) is 3.57 Å². The van der Waals surface area contributed by atoms with Crippen LogP contribution >= 0.6 is 22.6 Å². The van der Waals surface area contributed by atoms with Gasteiger partial charge in [0.25, 0.3) is 0 Å². The normalized spacial score (nSPS) is 17.4. The second-order valence-corrected chi connectivity index (χ2v) is 7.31. The minimum Gasteiger partial charge on any atom is -0.465 e. The van der Waals surface area contributed by atoms with Gasteiger partial charge >= 0.3 is 6.09 Å². The van der Waals surface area contributed by atoms with Crippen LogP contribution in [0.1, 0.15) is 0 Å². The summed E-state index contributed by atoms with van der Waals surface area (Å²) in [5.74, 6) is 0. The summed E-state index contributed by atoms with van der Waals surface area (Å²) in [6.45, 7) is 0.805. The van der Waals surface area contributed by atoms with Crippen molar-refractivity contribution in [2.75, 3.05) is 26.2 Å². The Morgan fingerprint density at radius 1 is 1.11 bits per heavy atom. The van der Waals surface area contributed by atoms with Crippen LogP contribution in [-0.4, -0.2) is 55.0 Å². The Morgan fingerprint density at radius 2 is 1.63 bits per heavy atom. The number of rotatable bonds is 2. The Balaban J connectivity index is 2.14. The summed E-state index contributed by atoms with van der Waals surface area (Å²) in [4.78, 5) is 12.2. The maximum atomic E-state index is 12.3. The fourth-order valence-electron chi connectivity index (χ4n) is 1.88. The summed E-state index contributed by atoms with van der Waals surface area (Å²) in [7, 11) is -3.52. The van der Waals surface area contributed by atoms with Crippen molar-refractivity contribution in [1.29, 1.82) is 0 Å². The number of carbonyl (C=O) groups is 1. The molecule has 0 bridgehead atoms. The number of carboxylic acid groups (broad SMARTS) is 1. The summed E-state index contributed by atoms with van der Waals surface area (Å²) in [5.41, 5.74) is 0. The van der Waals surface area contributed by atoms with Gasteiger partial charge in [-0.3, -0.25) is 0 Å². The molecule has 0 atom stereocenters. The molecule has 1 fully saturated rings. The first-order valence-corrected chi connectivity index (χ1v) is 8.17. The number of halogens is 1. The molecule has 1 amide bonds. The van der Waals surface area contributed by atoms with E-state index in [9.17, 15) is 13.2 Å². The van der Waals surface area contributed by atoms with E-state index in [-0.39, 0.29) is 31.1 Å². The Hall–Kier alpha value is -0.870. The molecular weight excluding hydrogens is 383 g/mol. The Morgan fingerprint density at radius 3 is 2.11 bits per heavy atom.